The summed E-state index contributed by atoms with van der Waals surface area (Å²) in [6.07, 6.45) is 7.18. The SMILES string of the molecule is CCC1(C)C(C)CCCCC1C. The van der Waals surface area contributed by atoms with Gasteiger partial charge in [-0.1, -0.05) is 59.8 Å². The molecule has 1 aliphatic carbocycles. The first-order valence-corrected chi connectivity index (χ1v) is 5.61. The van der Waals surface area contributed by atoms with Gasteiger partial charge in [-0.05, 0) is 17.3 Å². The van der Waals surface area contributed by atoms with Crippen LogP contribution in [0.1, 0.15) is 59.8 Å². The predicted octanol–water partition coefficient (Wildman–Crippen LogP) is 4.25. The van der Waals surface area contributed by atoms with Crippen LogP contribution in [-0.2, 0) is 0 Å². The van der Waals surface area contributed by atoms with E-state index in [0.29, 0.717) is 5.41 Å². The molecule has 0 nitrogen and oxygen atoms in total. The molecule has 0 spiro atoms. The van der Waals surface area contributed by atoms with Gasteiger partial charge >= 0.3 is 0 Å². The molecule has 0 heteroatoms. The fourth-order valence-corrected chi connectivity index (χ4v) is 2.74. The Labute approximate surface area is 77.7 Å². The zero-order valence-corrected chi connectivity index (χ0v) is 9.19. The molecule has 0 amide bonds. The minimum Gasteiger partial charge on any atom is -0.0648 e. The minimum absolute atomic E-state index is 0.622. The van der Waals surface area contributed by atoms with E-state index in [1.807, 2.05) is 0 Å². The summed E-state index contributed by atoms with van der Waals surface area (Å²) in [6.45, 7) is 9.75. The van der Waals surface area contributed by atoms with Gasteiger partial charge < -0.3 is 0 Å². The van der Waals surface area contributed by atoms with Crippen LogP contribution >= 0.6 is 0 Å². The van der Waals surface area contributed by atoms with Crippen molar-refractivity contribution in [2.45, 2.75) is 59.8 Å². The van der Waals surface area contributed by atoms with Crippen molar-refractivity contribution in [3.63, 3.8) is 0 Å². The third kappa shape index (κ3) is 1.67. The average molecular weight is 168 g/mol. The Bertz CT molecular complexity index is 125. The van der Waals surface area contributed by atoms with Crippen LogP contribution in [0.2, 0.25) is 0 Å². The smallest absolute Gasteiger partial charge is 0.0277 e. The van der Waals surface area contributed by atoms with Crippen molar-refractivity contribution in [1.82, 2.24) is 0 Å². The van der Waals surface area contributed by atoms with Crippen LogP contribution in [0.15, 0.2) is 0 Å². The molecule has 2 unspecified atom stereocenters. The maximum atomic E-state index is 2.49. The molecule has 0 aromatic heterocycles. The highest BCUT2D eigenvalue weighted by atomic mass is 14.4. The molecule has 0 aliphatic heterocycles. The van der Waals surface area contributed by atoms with Crippen molar-refractivity contribution in [2.24, 2.45) is 17.3 Å². The van der Waals surface area contributed by atoms with Crippen LogP contribution in [0.4, 0.5) is 0 Å². The molecule has 0 aromatic carbocycles. The standard InChI is InChI=1S/C12H24/c1-5-12(4)10(2)8-6-7-9-11(12)3/h10-11H,5-9H2,1-4H3. The normalized spacial score (nSPS) is 44.0. The Balaban J connectivity index is 2.74. The Morgan fingerprint density at radius 3 is 1.83 bits per heavy atom. The van der Waals surface area contributed by atoms with Gasteiger partial charge in [-0.2, -0.15) is 0 Å². The fourth-order valence-electron chi connectivity index (χ4n) is 2.74. The van der Waals surface area contributed by atoms with Gasteiger partial charge in [0.05, 0.1) is 0 Å². The van der Waals surface area contributed by atoms with Crippen molar-refractivity contribution < 1.29 is 0 Å². The third-order valence-electron chi connectivity index (χ3n) is 4.54. The summed E-state index contributed by atoms with van der Waals surface area (Å²) < 4.78 is 0. The van der Waals surface area contributed by atoms with E-state index in [1.165, 1.54) is 32.1 Å². The van der Waals surface area contributed by atoms with Crippen LogP contribution in [-0.4, -0.2) is 0 Å². The van der Waals surface area contributed by atoms with E-state index in [1.54, 1.807) is 0 Å². The largest absolute Gasteiger partial charge is 0.0648 e. The van der Waals surface area contributed by atoms with Gasteiger partial charge in [0.2, 0.25) is 0 Å². The van der Waals surface area contributed by atoms with Gasteiger partial charge in [0.15, 0.2) is 0 Å². The van der Waals surface area contributed by atoms with Crippen LogP contribution in [0.5, 0.6) is 0 Å². The summed E-state index contributed by atoms with van der Waals surface area (Å²) in [4.78, 5) is 0. The molecule has 1 aliphatic rings. The maximum Gasteiger partial charge on any atom is -0.0277 e. The lowest BCUT2D eigenvalue weighted by Crippen LogP contribution is -2.30. The molecule has 0 bridgehead atoms. The van der Waals surface area contributed by atoms with Gasteiger partial charge in [-0.15, -0.1) is 0 Å². The van der Waals surface area contributed by atoms with E-state index < -0.39 is 0 Å². The number of rotatable bonds is 1. The summed E-state index contributed by atoms with van der Waals surface area (Å²) in [7, 11) is 0. The lowest BCUT2D eigenvalue weighted by atomic mass is 9.67. The number of hydrogen-bond acceptors (Lipinski definition) is 0. The molecule has 0 aromatic rings. The highest BCUT2D eigenvalue weighted by molar-refractivity contribution is 4.85. The lowest BCUT2D eigenvalue weighted by molar-refractivity contribution is 0.111. The summed E-state index contributed by atoms with van der Waals surface area (Å²) in [5.74, 6) is 1.86. The zero-order valence-electron chi connectivity index (χ0n) is 9.19. The number of hydrogen-bond donors (Lipinski definition) is 0. The van der Waals surface area contributed by atoms with Gasteiger partial charge in [0, 0.05) is 0 Å². The van der Waals surface area contributed by atoms with Crippen LogP contribution in [0.25, 0.3) is 0 Å². The Morgan fingerprint density at radius 1 is 1.08 bits per heavy atom. The van der Waals surface area contributed by atoms with Crippen molar-refractivity contribution in [1.29, 1.82) is 0 Å². The summed E-state index contributed by atoms with van der Waals surface area (Å²) in [5, 5.41) is 0. The lowest BCUT2D eigenvalue weighted by Gasteiger charge is -2.38. The minimum atomic E-state index is 0.622. The van der Waals surface area contributed by atoms with Crippen molar-refractivity contribution in [3.05, 3.63) is 0 Å². The average Bonchev–Trinajstić information content (AvgIpc) is 2.19. The molecule has 2 atom stereocenters. The van der Waals surface area contributed by atoms with Gasteiger partial charge in [0.25, 0.3) is 0 Å². The first-order valence-electron chi connectivity index (χ1n) is 5.61. The van der Waals surface area contributed by atoms with E-state index in [9.17, 15) is 0 Å². The molecule has 12 heavy (non-hydrogen) atoms. The molecule has 0 radical (unpaired) electrons. The second-order valence-electron chi connectivity index (χ2n) is 4.95. The third-order valence-corrected chi connectivity index (χ3v) is 4.54. The second kappa shape index (κ2) is 3.81. The zero-order chi connectivity index (χ0) is 9.19. The predicted molar refractivity (Wildman–Crippen MR) is 55.2 cm³/mol. The monoisotopic (exact) mass is 168 g/mol. The molecule has 72 valence electrons. The summed E-state index contributed by atoms with van der Waals surface area (Å²) >= 11 is 0. The first-order chi connectivity index (χ1) is 5.61. The van der Waals surface area contributed by atoms with E-state index in [-0.39, 0.29) is 0 Å². The van der Waals surface area contributed by atoms with Crippen LogP contribution < -0.4 is 0 Å². The van der Waals surface area contributed by atoms with E-state index in [2.05, 4.69) is 27.7 Å². The Morgan fingerprint density at radius 2 is 1.50 bits per heavy atom. The molecule has 0 heterocycles. The summed E-state index contributed by atoms with van der Waals surface area (Å²) in [6, 6.07) is 0. The Kier molecular flexibility index (Phi) is 3.20. The molecule has 1 fully saturated rings. The van der Waals surface area contributed by atoms with Crippen LogP contribution in [0.3, 0.4) is 0 Å². The quantitative estimate of drug-likeness (QED) is 0.513. The molecule has 1 rings (SSSR count). The van der Waals surface area contributed by atoms with E-state index >= 15 is 0 Å². The van der Waals surface area contributed by atoms with Crippen LogP contribution in [0, 0.1) is 17.3 Å². The van der Waals surface area contributed by atoms with E-state index in [4.69, 9.17) is 0 Å². The van der Waals surface area contributed by atoms with Crippen molar-refractivity contribution >= 4 is 0 Å². The van der Waals surface area contributed by atoms with Gasteiger partial charge in [-0.3, -0.25) is 0 Å². The van der Waals surface area contributed by atoms with E-state index in [0.717, 1.165) is 11.8 Å². The highest BCUT2D eigenvalue weighted by Gasteiger charge is 2.35. The molecular weight excluding hydrogens is 144 g/mol. The Hall–Kier alpha value is 0. The molecule has 1 saturated carbocycles. The van der Waals surface area contributed by atoms with Crippen molar-refractivity contribution in [2.75, 3.05) is 0 Å². The molecular formula is C12H24. The van der Waals surface area contributed by atoms with Gasteiger partial charge in [0.1, 0.15) is 0 Å². The highest BCUT2D eigenvalue weighted by Crippen LogP contribution is 2.45. The first kappa shape index (κ1) is 10.1. The van der Waals surface area contributed by atoms with Gasteiger partial charge in [-0.25, -0.2) is 0 Å². The molecule has 0 N–H and O–H groups in total. The topological polar surface area (TPSA) is 0 Å². The van der Waals surface area contributed by atoms with Crippen molar-refractivity contribution in [3.8, 4) is 0 Å². The summed E-state index contributed by atoms with van der Waals surface area (Å²) in [5.41, 5.74) is 0.622. The molecule has 0 saturated heterocycles. The fraction of sp³-hybridized carbons (Fsp3) is 1.00. The second-order valence-corrected chi connectivity index (χ2v) is 4.95. The maximum absolute atomic E-state index is 2.49.